The number of carbonyl (C=O) groups excluding carboxylic acids is 1. The Kier molecular flexibility index (Phi) is 4.34. The van der Waals surface area contributed by atoms with E-state index in [1.165, 1.54) is 6.07 Å². The highest BCUT2D eigenvalue weighted by molar-refractivity contribution is 5.94. The fourth-order valence-corrected chi connectivity index (χ4v) is 3.53. The van der Waals surface area contributed by atoms with Crippen LogP contribution in [0.1, 0.15) is 37.0 Å². The molecule has 3 rings (SSSR count). The highest BCUT2D eigenvalue weighted by Crippen LogP contribution is 2.25. The average molecular weight is 305 g/mol. The van der Waals surface area contributed by atoms with Crippen molar-refractivity contribution in [1.82, 2.24) is 10.2 Å². The molecule has 2 fully saturated rings. The zero-order valence-electron chi connectivity index (χ0n) is 13.3. The molecule has 1 aromatic rings. The highest BCUT2D eigenvalue weighted by atomic mass is 19.1. The highest BCUT2D eigenvalue weighted by Gasteiger charge is 2.26. The molecule has 1 N–H and O–H groups in total. The van der Waals surface area contributed by atoms with E-state index in [1.54, 1.807) is 12.1 Å². The van der Waals surface area contributed by atoms with Gasteiger partial charge in [0.25, 0.3) is 5.91 Å². The summed E-state index contributed by atoms with van der Waals surface area (Å²) in [7, 11) is 0. The number of rotatable bonds is 2. The number of hydrogen-bond acceptors (Lipinski definition) is 3. The molecule has 0 bridgehead atoms. The van der Waals surface area contributed by atoms with Crippen molar-refractivity contribution < 1.29 is 9.18 Å². The maximum absolute atomic E-state index is 14.4. The van der Waals surface area contributed by atoms with E-state index < -0.39 is 0 Å². The average Bonchev–Trinajstić information content (AvgIpc) is 2.99. The molecule has 0 spiro atoms. The second-order valence-electron chi connectivity index (χ2n) is 6.54. The number of benzene rings is 1. The third-order valence-corrected chi connectivity index (χ3v) is 4.49. The Balaban J connectivity index is 1.76. The summed E-state index contributed by atoms with van der Waals surface area (Å²) in [4.78, 5) is 16.5. The van der Waals surface area contributed by atoms with E-state index in [2.05, 4.69) is 24.1 Å². The summed E-state index contributed by atoms with van der Waals surface area (Å²) in [6, 6.07) is 5.44. The van der Waals surface area contributed by atoms with Crippen LogP contribution in [0.3, 0.4) is 0 Å². The summed E-state index contributed by atoms with van der Waals surface area (Å²) in [6.45, 7) is 7.26. The van der Waals surface area contributed by atoms with E-state index in [0.29, 0.717) is 24.3 Å². The second kappa shape index (κ2) is 6.24. The first-order valence-electron chi connectivity index (χ1n) is 8.14. The molecule has 4 nitrogen and oxygen atoms in total. The van der Waals surface area contributed by atoms with Crippen LogP contribution in [0.4, 0.5) is 10.1 Å². The van der Waals surface area contributed by atoms with Gasteiger partial charge in [0.1, 0.15) is 5.82 Å². The molecule has 120 valence electrons. The van der Waals surface area contributed by atoms with Crippen LogP contribution in [-0.2, 0) is 0 Å². The van der Waals surface area contributed by atoms with Gasteiger partial charge in [0.2, 0.25) is 0 Å². The van der Waals surface area contributed by atoms with Crippen molar-refractivity contribution in [3.63, 3.8) is 0 Å². The summed E-state index contributed by atoms with van der Waals surface area (Å²) in [6.07, 6.45) is 2.22. The third kappa shape index (κ3) is 3.09. The van der Waals surface area contributed by atoms with Crippen molar-refractivity contribution in [3.8, 4) is 0 Å². The number of nitrogens with one attached hydrogen (secondary N) is 1. The Hall–Kier alpha value is -1.62. The zero-order valence-corrected chi connectivity index (χ0v) is 13.3. The number of piperazine rings is 1. The third-order valence-electron chi connectivity index (χ3n) is 4.49. The fourth-order valence-electron chi connectivity index (χ4n) is 3.53. The van der Waals surface area contributed by atoms with Crippen molar-refractivity contribution in [3.05, 3.63) is 29.6 Å². The van der Waals surface area contributed by atoms with Crippen LogP contribution in [0.15, 0.2) is 18.2 Å². The van der Waals surface area contributed by atoms with Gasteiger partial charge in [-0.2, -0.15) is 0 Å². The van der Waals surface area contributed by atoms with E-state index in [0.717, 1.165) is 25.9 Å². The fraction of sp³-hybridized carbons (Fsp3) is 0.588. The lowest BCUT2D eigenvalue weighted by molar-refractivity contribution is 0.0673. The monoisotopic (exact) mass is 305 g/mol. The van der Waals surface area contributed by atoms with E-state index in [-0.39, 0.29) is 23.8 Å². The first-order chi connectivity index (χ1) is 10.5. The summed E-state index contributed by atoms with van der Waals surface area (Å²) < 4.78 is 14.4. The summed E-state index contributed by atoms with van der Waals surface area (Å²) in [5.74, 6) is -0.365. The number of anilines is 1. The van der Waals surface area contributed by atoms with Crippen molar-refractivity contribution in [2.75, 3.05) is 31.1 Å². The molecule has 2 aliphatic heterocycles. The van der Waals surface area contributed by atoms with Gasteiger partial charge in [-0.25, -0.2) is 4.39 Å². The molecule has 0 aliphatic carbocycles. The van der Waals surface area contributed by atoms with E-state index >= 15 is 0 Å². The Labute approximate surface area is 131 Å². The molecule has 22 heavy (non-hydrogen) atoms. The van der Waals surface area contributed by atoms with Gasteiger partial charge < -0.3 is 15.1 Å². The molecule has 0 radical (unpaired) electrons. The minimum absolute atomic E-state index is 0.0768. The first kappa shape index (κ1) is 15.3. The molecule has 5 heteroatoms. The predicted molar refractivity (Wildman–Crippen MR) is 85.8 cm³/mol. The normalized spacial score (nSPS) is 25.6. The van der Waals surface area contributed by atoms with Gasteiger partial charge in [0.15, 0.2) is 0 Å². The summed E-state index contributed by atoms with van der Waals surface area (Å²) >= 11 is 0. The zero-order chi connectivity index (χ0) is 15.7. The topological polar surface area (TPSA) is 35.6 Å². The van der Waals surface area contributed by atoms with Crippen molar-refractivity contribution in [2.45, 2.75) is 38.8 Å². The van der Waals surface area contributed by atoms with Crippen LogP contribution >= 0.6 is 0 Å². The Morgan fingerprint density at radius 2 is 1.82 bits per heavy atom. The van der Waals surface area contributed by atoms with Crippen molar-refractivity contribution >= 4 is 11.6 Å². The van der Waals surface area contributed by atoms with Gasteiger partial charge in [0.05, 0.1) is 5.69 Å². The number of hydrogen-bond donors (Lipinski definition) is 1. The van der Waals surface area contributed by atoms with Gasteiger partial charge in [-0.1, -0.05) is 0 Å². The van der Waals surface area contributed by atoms with Crippen LogP contribution in [0.25, 0.3) is 0 Å². The Morgan fingerprint density at radius 1 is 1.18 bits per heavy atom. The Morgan fingerprint density at radius 3 is 2.41 bits per heavy atom. The minimum atomic E-state index is -0.288. The SMILES string of the molecule is C[C@@H]1CN(C(=O)c2ccc(N3CCCC3)c(F)c2)C[C@H](C)N1. The number of nitrogens with zero attached hydrogens (tertiary/aromatic N) is 2. The molecule has 2 aliphatic rings. The summed E-state index contributed by atoms with van der Waals surface area (Å²) in [5, 5.41) is 3.40. The lowest BCUT2D eigenvalue weighted by Crippen LogP contribution is -2.55. The van der Waals surface area contributed by atoms with Gasteiger partial charge in [0, 0.05) is 43.8 Å². The van der Waals surface area contributed by atoms with Crippen molar-refractivity contribution in [2.24, 2.45) is 0 Å². The van der Waals surface area contributed by atoms with Crippen LogP contribution in [0.2, 0.25) is 0 Å². The lowest BCUT2D eigenvalue weighted by atomic mass is 10.1. The predicted octanol–water partition coefficient (Wildman–Crippen LogP) is 2.25. The molecular weight excluding hydrogens is 281 g/mol. The quantitative estimate of drug-likeness (QED) is 0.910. The van der Waals surface area contributed by atoms with Crippen LogP contribution in [0.5, 0.6) is 0 Å². The molecule has 0 unspecified atom stereocenters. The number of carbonyl (C=O) groups is 1. The lowest BCUT2D eigenvalue weighted by Gasteiger charge is -2.36. The molecule has 2 heterocycles. The number of halogens is 1. The smallest absolute Gasteiger partial charge is 0.254 e. The molecular formula is C17H24FN3O. The van der Waals surface area contributed by atoms with Crippen LogP contribution < -0.4 is 10.2 Å². The van der Waals surface area contributed by atoms with Gasteiger partial charge >= 0.3 is 0 Å². The maximum atomic E-state index is 14.4. The molecule has 1 amide bonds. The summed E-state index contributed by atoms with van der Waals surface area (Å²) in [5.41, 5.74) is 1.07. The van der Waals surface area contributed by atoms with Gasteiger partial charge in [-0.3, -0.25) is 4.79 Å². The largest absolute Gasteiger partial charge is 0.369 e. The van der Waals surface area contributed by atoms with E-state index in [4.69, 9.17) is 0 Å². The van der Waals surface area contributed by atoms with E-state index in [1.807, 2.05) is 4.90 Å². The molecule has 1 aromatic carbocycles. The molecule has 2 saturated heterocycles. The van der Waals surface area contributed by atoms with Gasteiger partial charge in [-0.15, -0.1) is 0 Å². The molecule has 0 aromatic heterocycles. The van der Waals surface area contributed by atoms with Crippen LogP contribution in [0, 0.1) is 5.82 Å². The molecule has 0 saturated carbocycles. The first-order valence-corrected chi connectivity index (χ1v) is 8.14. The number of amides is 1. The van der Waals surface area contributed by atoms with E-state index in [9.17, 15) is 9.18 Å². The van der Waals surface area contributed by atoms with Gasteiger partial charge in [-0.05, 0) is 44.9 Å². The maximum Gasteiger partial charge on any atom is 0.254 e. The standard InChI is InChI=1S/C17H24FN3O/c1-12-10-21(11-13(2)19-12)17(22)14-5-6-16(15(18)9-14)20-7-3-4-8-20/h5-6,9,12-13,19H,3-4,7-8,10-11H2,1-2H3/t12-,13+. The minimum Gasteiger partial charge on any atom is -0.369 e. The second-order valence-corrected chi connectivity index (χ2v) is 6.54. The Bertz CT molecular complexity index is 547. The van der Waals surface area contributed by atoms with Crippen molar-refractivity contribution in [1.29, 1.82) is 0 Å². The molecule has 2 atom stereocenters. The van der Waals surface area contributed by atoms with Crippen LogP contribution in [-0.4, -0.2) is 49.1 Å².